The number of nitrogens with two attached hydrogens (primary N) is 1. The van der Waals surface area contributed by atoms with Gasteiger partial charge in [-0.15, -0.1) is 11.3 Å². The van der Waals surface area contributed by atoms with E-state index in [-0.39, 0.29) is 16.6 Å². The second kappa shape index (κ2) is 7.07. The van der Waals surface area contributed by atoms with E-state index < -0.39 is 0 Å². The molecule has 1 aromatic rings. The highest BCUT2D eigenvalue weighted by molar-refractivity contribution is 8.01. The molecule has 0 spiro atoms. The Morgan fingerprint density at radius 1 is 0.812 bits per heavy atom. The van der Waals surface area contributed by atoms with E-state index in [1.807, 2.05) is 0 Å². The maximum absolute atomic E-state index is 13.7. The van der Waals surface area contributed by atoms with Gasteiger partial charge < -0.3 is 5.73 Å². The van der Waals surface area contributed by atoms with Crippen LogP contribution in [-0.4, -0.2) is 22.3 Å². The zero-order valence-electron chi connectivity index (χ0n) is 18.8. The summed E-state index contributed by atoms with van der Waals surface area (Å²) < 4.78 is 0.814. The molecule has 0 radical (unpaired) electrons. The van der Waals surface area contributed by atoms with Crippen LogP contribution in [0.3, 0.4) is 0 Å². The van der Waals surface area contributed by atoms with Gasteiger partial charge in [-0.25, -0.2) is 4.98 Å². The van der Waals surface area contributed by atoms with Crippen LogP contribution in [0.15, 0.2) is 4.34 Å². The number of hydrogen-bond acceptors (Lipinski definition) is 6. The predicted octanol–water partition coefficient (Wildman–Crippen LogP) is 6.00. The van der Waals surface area contributed by atoms with Crippen LogP contribution in [0.25, 0.3) is 0 Å². The average molecular weight is 471 g/mol. The number of carbonyl (C=O) groups is 2. The largest absolute Gasteiger partial charge is 0.382 e. The molecule has 0 aliphatic heterocycles. The van der Waals surface area contributed by atoms with Crippen LogP contribution in [0.2, 0.25) is 0 Å². The van der Waals surface area contributed by atoms with Gasteiger partial charge in [-0.2, -0.15) is 0 Å². The maximum Gasteiger partial charge on any atom is 0.182 e. The van der Waals surface area contributed by atoms with Gasteiger partial charge in [0, 0.05) is 10.8 Å². The fourth-order valence-corrected chi connectivity index (χ4v) is 12.1. The van der Waals surface area contributed by atoms with Gasteiger partial charge in [0.2, 0.25) is 0 Å². The number of carbonyl (C=O) groups excluding carboxylic acids is 2. The number of ketones is 2. The molecule has 0 saturated heterocycles. The van der Waals surface area contributed by atoms with E-state index in [1.54, 1.807) is 0 Å². The third kappa shape index (κ3) is 3.10. The molecule has 1 heterocycles. The minimum atomic E-state index is -0.174. The number of hydrogen-bond donors (Lipinski definition) is 1. The Hall–Kier alpha value is -0.880. The molecule has 8 aliphatic rings. The van der Waals surface area contributed by atoms with Crippen LogP contribution >= 0.6 is 23.1 Å². The molecule has 0 unspecified atom stereocenters. The number of anilines is 1. The second-order valence-electron chi connectivity index (χ2n) is 12.6. The highest BCUT2D eigenvalue weighted by Gasteiger charge is 2.56. The third-order valence-electron chi connectivity index (χ3n) is 10.3. The van der Waals surface area contributed by atoms with Crippen molar-refractivity contribution < 1.29 is 9.59 Å². The van der Waals surface area contributed by atoms with E-state index in [1.165, 1.54) is 61.6 Å². The second-order valence-corrected chi connectivity index (χ2v) is 14.9. The smallest absolute Gasteiger partial charge is 0.182 e. The van der Waals surface area contributed by atoms with E-state index in [9.17, 15) is 9.59 Å². The fourth-order valence-electron chi connectivity index (χ4n) is 9.90. The van der Waals surface area contributed by atoms with Crippen LogP contribution < -0.4 is 5.73 Å². The topological polar surface area (TPSA) is 73.0 Å². The van der Waals surface area contributed by atoms with Gasteiger partial charge in [-0.05, 0) is 113 Å². The summed E-state index contributed by atoms with van der Waals surface area (Å²) in [6, 6.07) is 0. The predicted molar refractivity (Wildman–Crippen MR) is 128 cm³/mol. The molecule has 32 heavy (non-hydrogen) atoms. The molecule has 2 N–H and O–H groups in total. The van der Waals surface area contributed by atoms with Crippen molar-refractivity contribution in [2.24, 2.45) is 46.3 Å². The average Bonchev–Trinajstić information content (AvgIpc) is 3.10. The zero-order chi connectivity index (χ0) is 21.7. The lowest BCUT2D eigenvalue weighted by molar-refractivity contribution is -0.141. The fraction of sp³-hybridized carbons (Fsp3) is 0.808. The molecular weight excluding hydrogens is 436 g/mol. The normalized spacial score (nSPS) is 45.5. The quantitative estimate of drug-likeness (QED) is 0.408. The molecular formula is C26H34N2O2S2. The van der Waals surface area contributed by atoms with Crippen LogP contribution in [0.1, 0.15) is 86.7 Å². The summed E-state index contributed by atoms with van der Waals surface area (Å²) in [5.41, 5.74) is 6.07. The van der Waals surface area contributed by atoms with Crippen molar-refractivity contribution in [1.82, 2.24) is 4.98 Å². The number of nitrogen functional groups attached to an aromatic ring is 1. The molecule has 0 aromatic carbocycles. The van der Waals surface area contributed by atoms with Gasteiger partial charge in [0.15, 0.2) is 10.1 Å². The molecule has 8 bridgehead atoms. The first kappa shape index (κ1) is 20.5. The highest BCUT2D eigenvalue weighted by Crippen LogP contribution is 2.62. The number of aromatic nitrogens is 1. The van der Waals surface area contributed by atoms with Crippen molar-refractivity contribution in [3.63, 3.8) is 0 Å². The lowest BCUT2D eigenvalue weighted by Gasteiger charge is -2.56. The summed E-state index contributed by atoms with van der Waals surface area (Å²) in [4.78, 5) is 32.3. The summed E-state index contributed by atoms with van der Waals surface area (Å²) in [6.07, 6.45) is 14.6. The molecule has 8 saturated carbocycles. The minimum Gasteiger partial charge on any atom is -0.382 e. The van der Waals surface area contributed by atoms with Crippen LogP contribution in [-0.2, 0) is 4.79 Å². The van der Waals surface area contributed by atoms with Crippen molar-refractivity contribution in [2.45, 2.75) is 81.4 Å². The van der Waals surface area contributed by atoms with E-state index in [2.05, 4.69) is 4.98 Å². The Morgan fingerprint density at radius 3 is 1.72 bits per heavy atom. The molecule has 6 heteroatoms. The van der Waals surface area contributed by atoms with Crippen molar-refractivity contribution in [3.05, 3.63) is 4.88 Å². The van der Waals surface area contributed by atoms with Gasteiger partial charge in [0.1, 0.15) is 16.5 Å². The summed E-state index contributed by atoms with van der Waals surface area (Å²) in [5, 5.41) is 0. The summed E-state index contributed by atoms with van der Waals surface area (Å²) >= 11 is 2.99. The molecule has 8 fully saturated rings. The number of nitrogens with zero attached hydrogens (tertiary/aromatic N) is 1. The third-order valence-corrected chi connectivity index (χ3v) is 12.5. The number of Topliss-reactive ketones (excluding diaryl/α,β-unsaturated/α-hetero) is 2. The van der Waals surface area contributed by atoms with Crippen LogP contribution in [0, 0.1) is 46.3 Å². The van der Waals surface area contributed by atoms with Crippen molar-refractivity contribution >= 4 is 40.5 Å². The van der Waals surface area contributed by atoms with Crippen molar-refractivity contribution in [2.75, 3.05) is 11.5 Å². The first-order chi connectivity index (χ1) is 15.4. The maximum atomic E-state index is 13.7. The number of rotatable bonds is 6. The lowest BCUT2D eigenvalue weighted by Crippen LogP contribution is -2.50. The minimum absolute atomic E-state index is 0.0532. The molecule has 0 amide bonds. The van der Waals surface area contributed by atoms with Crippen molar-refractivity contribution in [3.8, 4) is 0 Å². The van der Waals surface area contributed by atoms with E-state index >= 15 is 0 Å². The lowest BCUT2D eigenvalue weighted by atomic mass is 9.48. The summed E-state index contributed by atoms with van der Waals surface area (Å²) in [6.45, 7) is 0. The molecule has 1 aromatic heterocycles. The van der Waals surface area contributed by atoms with E-state index in [0.29, 0.717) is 22.2 Å². The molecule has 8 aliphatic carbocycles. The Labute approximate surface area is 198 Å². The Balaban J connectivity index is 1.06. The van der Waals surface area contributed by atoms with Crippen molar-refractivity contribution in [1.29, 1.82) is 0 Å². The first-order valence-corrected chi connectivity index (χ1v) is 14.7. The monoisotopic (exact) mass is 470 g/mol. The summed E-state index contributed by atoms with van der Waals surface area (Å²) in [5.74, 6) is 6.18. The Morgan fingerprint density at radius 2 is 1.25 bits per heavy atom. The highest BCUT2D eigenvalue weighted by atomic mass is 32.2. The van der Waals surface area contributed by atoms with E-state index in [0.717, 1.165) is 78.4 Å². The van der Waals surface area contributed by atoms with Gasteiger partial charge in [0.05, 0.1) is 5.75 Å². The van der Waals surface area contributed by atoms with Crippen LogP contribution in [0.5, 0.6) is 0 Å². The molecule has 4 nitrogen and oxygen atoms in total. The zero-order valence-corrected chi connectivity index (χ0v) is 20.4. The molecule has 172 valence electrons. The molecule has 0 atom stereocenters. The van der Waals surface area contributed by atoms with Gasteiger partial charge in [-0.1, -0.05) is 11.8 Å². The van der Waals surface area contributed by atoms with Crippen LogP contribution in [0.4, 0.5) is 5.82 Å². The Bertz CT molecular complexity index is 912. The number of thiazole rings is 1. The standard InChI is InChI=1S/C26H34N2O2S2/c27-23-21(22(30)26-10-17-4-18(11-26)6-19(5-17)12-26)32-24(28-23)31-13-20(29)25-7-14-1-15(8-25)3-16(2-14)9-25/h14-19H,1-13,27H2. The molecule has 9 rings (SSSR count). The van der Waals surface area contributed by atoms with Gasteiger partial charge >= 0.3 is 0 Å². The first-order valence-electron chi connectivity index (χ1n) is 12.9. The summed E-state index contributed by atoms with van der Waals surface area (Å²) in [7, 11) is 0. The number of thioether (sulfide) groups is 1. The van der Waals surface area contributed by atoms with E-state index in [4.69, 9.17) is 5.73 Å². The van der Waals surface area contributed by atoms with Gasteiger partial charge in [-0.3, -0.25) is 9.59 Å². The van der Waals surface area contributed by atoms with Gasteiger partial charge in [0.25, 0.3) is 0 Å². The SMILES string of the molecule is Nc1nc(SCC(=O)C23CC4CC(CC(C4)C2)C3)sc1C(=O)C12CC3CC(CC(C3)C1)C2. The Kier molecular flexibility index (Phi) is 4.52.